The number of aromatic nitrogens is 3. The summed E-state index contributed by atoms with van der Waals surface area (Å²) in [6, 6.07) is 11.5. The number of halogens is 1. The van der Waals surface area contributed by atoms with Crippen LogP contribution in [-0.2, 0) is 6.54 Å². The number of aryl methyl sites for hydroxylation is 1. The number of amides is 1. The predicted molar refractivity (Wildman–Crippen MR) is 110 cm³/mol. The van der Waals surface area contributed by atoms with Crippen LogP contribution in [0, 0.1) is 13.8 Å². The molecule has 6 heteroatoms. The van der Waals surface area contributed by atoms with Gasteiger partial charge in [-0.25, -0.2) is 4.68 Å². The summed E-state index contributed by atoms with van der Waals surface area (Å²) in [6.07, 6.45) is 3.54. The number of hydrogen-bond donors (Lipinski definition) is 0. The normalized spacial score (nSPS) is 11.0. The van der Waals surface area contributed by atoms with Gasteiger partial charge in [0.15, 0.2) is 0 Å². The SMILES string of the molecule is Cc1nn(-c2ccc(C(=O)N(Cc3cccnc3)C(C)C)cc2)c(C)c1Br. The number of carbonyl (C=O) groups is 1. The lowest BCUT2D eigenvalue weighted by Gasteiger charge is -2.27. The topological polar surface area (TPSA) is 51.0 Å². The summed E-state index contributed by atoms with van der Waals surface area (Å²) in [5.41, 5.74) is 4.59. The third-order valence-corrected chi connectivity index (χ3v) is 5.67. The van der Waals surface area contributed by atoms with Crippen LogP contribution < -0.4 is 0 Å². The summed E-state index contributed by atoms with van der Waals surface area (Å²) >= 11 is 3.55. The summed E-state index contributed by atoms with van der Waals surface area (Å²) in [6.45, 7) is 8.56. The lowest BCUT2D eigenvalue weighted by atomic mass is 10.1. The van der Waals surface area contributed by atoms with Crippen molar-refractivity contribution in [3.05, 3.63) is 75.8 Å². The summed E-state index contributed by atoms with van der Waals surface area (Å²) in [7, 11) is 0. The average Bonchev–Trinajstić information content (AvgIpc) is 2.93. The van der Waals surface area contributed by atoms with Gasteiger partial charge >= 0.3 is 0 Å². The molecule has 0 fully saturated rings. The second-order valence-corrected chi connectivity index (χ2v) is 7.62. The van der Waals surface area contributed by atoms with E-state index in [1.54, 1.807) is 12.4 Å². The third-order valence-electron chi connectivity index (χ3n) is 4.52. The van der Waals surface area contributed by atoms with Crippen LogP contribution in [0.4, 0.5) is 0 Å². The highest BCUT2D eigenvalue weighted by molar-refractivity contribution is 9.10. The van der Waals surface area contributed by atoms with E-state index in [9.17, 15) is 4.79 Å². The molecule has 27 heavy (non-hydrogen) atoms. The van der Waals surface area contributed by atoms with E-state index in [4.69, 9.17) is 0 Å². The largest absolute Gasteiger partial charge is 0.332 e. The highest BCUT2D eigenvalue weighted by Crippen LogP contribution is 2.23. The number of pyridine rings is 1. The molecule has 0 aliphatic carbocycles. The van der Waals surface area contributed by atoms with Crippen LogP contribution in [0.5, 0.6) is 0 Å². The van der Waals surface area contributed by atoms with E-state index in [-0.39, 0.29) is 11.9 Å². The first-order valence-electron chi connectivity index (χ1n) is 8.90. The Kier molecular flexibility index (Phi) is 5.75. The average molecular weight is 427 g/mol. The van der Waals surface area contributed by atoms with Gasteiger partial charge in [0.05, 0.1) is 21.5 Å². The standard InChI is InChI=1S/C21H23BrN4O/c1-14(2)25(13-17-6-5-11-23-12-17)21(27)18-7-9-19(10-8-18)26-16(4)20(22)15(3)24-26/h5-12,14H,13H2,1-4H3. The van der Waals surface area contributed by atoms with E-state index in [0.29, 0.717) is 12.1 Å². The van der Waals surface area contributed by atoms with E-state index in [1.807, 2.05) is 73.7 Å². The fraction of sp³-hybridized carbons (Fsp3) is 0.286. The fourth-order valence-corrected chi connectivity index (χ4v) is 3.21. The predicted octanol–water partition coefficient (Wildman–Crippen LogP) is 4.70. The number of hydrogen-bond acceptors (Lipinski definition) is 3. The number of rotatable bonds is 5. The van der Waals surface area contributed by atoms with E-state index in [0.717, 1.165) is 27.1 Å². The van der Waals surface area contributed by atoms with Crippen LogP contribution in [0.25, 0.3) is 5.69 Å². The quantitative estimate of drug-likeness (QED) is 0.593. The summed E-state index contributed by atoms with van der Waals surface area (Å²) in [4.78, 5) is 19.0. The van der Waals surface area contributed by atoms with Crippen molar-refractivity contribution >= 4 is 21.8 Å². The maximum absolute atomic E-state index is 13.0. The Morgan fingerprint density at radius 2 is 1.89 bits per heavy atom. The van der Waals surface area contributed by atoms with Crippen molar-refractivity contribution in [3.8, 4) is 5.69 Å². The molecule has 0 aliphatic rings. The van der Waals surface area contributed by atoms with Gasteiger partial charge in [-0.2, -0.15) is 5.10 Å². The molecule has 0 saturated carbocycles. The second kappa shape index (κ2) is 8.05. The van der Waals surface area contributed by atoms with Crippen LogP contribution >= 0.6 is 15.9 Å². The molecule has 2 heterocycles. The zero-order chi connectivity index (χ0) is 19.6. The summed E-state index contributed by atoms with van der Waals surface area (Å²) < 4.78 is 2.88. The molecule has 0 spiro atoms. The maximum atomic E-state index is 13.0. The minimum atomic E-state index is 0.00921. The Morgan fingerprint density at radius 1 is 1.19 bits per heavy atom. The third kappa shape index (κ3) is 4.11. The summed E-state index contributed by atoms with van der Waals surface area (Å²) in [5, 5.41) is 4.54. The Labute approximate surface area is 168 Å². The van der Waals surface area contributed by atoms with Crippen molar-refractivity contribution in [1.82, 2.24) is 19.7 Å². The Balaban J connectivity index is 1.84. The van der Waals surface area contributed by atoms with E-state index >= 15 is 0 Å². The van der Waals surface area contributed by atoms with Gasteiger partial charge in [-0.05, 0) is 79.5 Å². The van der Waals surface area contributed by atoms with Gasteiger partial charge < -0.3 is 4.90 Å². The van der Waals surface area contributed by atoms with Gasteiger partial charge in [0.1, 0.15) is 0 Å². The molecule has 0 unspecified atom stereocenters. The van der Waals surface area contributed by atoms with Crippen molar-refractivity contribution in [2.45, 2.75) is 40.3 Å². The zero-order valence-electron chi connectivity index (χ0n) is 16.0. The molecule has 5 nitrogen and oxygen atoms in total. The van der Waals surface area contributed by atoms with Gasteiger partial charge in [-0.15, -0.1) is 0 Å². The van der Waals surface area contributed by atoms with Gasteiger partial charge in [0.25, 0.3) is 5.91 Å². The first kappa shape index (κ1) is 19.3. The van der Waals surface area contributed by atoms with E-state index in [2.05, 4.69) is 26.0 Å². The lowest BCUT2D eigenvalue weighted by Crippen LogP contribution is -2.36. The molecule has 0 bridgehead atoms. The number of nitrogens with zero attached hydrogens (tertiary/aromatic N) is 4. The molecule has 0 N–H and O–H groups in total. The second-order valence-electron chi connectivity index (χ2n) is 6.83. The molecular weight excluding hydrogens is 404 g/mol. The van der Waals surface area contributed by atoms with Gasteiger partial charge in [-0.3, -0.25) is 9.78 Å². The van der Waals surface area contributed by atoms with Gasteiger partial charge in [-0.1, -0.05) is 6.07 Å². The van der Waals surface area contributed by atoms with Crippen molar-refractivity contribution in [1.29, 1.82) is 0 Å². The minimum Gasteiger partial charge on any atom is -0.332 e. The molecule has 3 rings (SSSR count). The molecule has 140 valence electrons. The Hall–Kier alpha value is -2.47. The van der Waals surface area contributed by atoms with Gasteiger partial charge in [0.2, 0.25) is 0 Å². The lowest BCUT2D eigenvalue weighted by molar-refractivity contribution is 0.0690. The molecule has 0 atom stereocenters. The number of benzene rings is 1. The zero-order valence-corrected chi connectivity index (χ0v) is 17.6. The van der Waals surface area contributed by atoms with Crippen LogP contribution in [0.3, 0.4) is 0 Å². The first-order valence-corrected chi connectivity index (χ1v) is 9.69. The van der Waals surface area contributed by atoms with Crippen LogP contribution in [0.15, 0.2) is 53.3 Å². The molecule has 0 saturated heterocycles. The van der Waals surface area contributed by atoms with Crippen molar-refractivity contribution in [2.24, 2.45) is 0 Å². The summed E-state index contributed by atoms with van der Waals surface area (Å²) in [5.74, 6) is 0.00921. The Bertz CT molecular complexity index is 933. The van der Waals surface area contributed by atoms with Crippen LogP contribution in [-0.4, -0.2) is 31.6 Å². The molecule has 2 aromatic heterocycles. The monoisotopic (exact) mass is 426 g/mol. The highest BCUT2D eigenvalue weighted by Gasteiger charge is 2.19. The first-order chi connectivity index (χ1) is 12.9. The van der Waals surface area contributed by atoms with Gasteiger partial charge in [0, 0.05) is 30.5 Å². The van der Waals surface area contributed by atoms with Crippen molar-refractivity contribution in [3.63, 3.8) is 0 Å². The Morgan fingerprint density at radius 3 is 2.41 bits per heavy atom. The van der Waals surface area contributed by atoms with E-state index in [1.165, 1.54) is 0 Å². The fourth-order valence-electron chi connectivity index (χ4n) is 2.96. The molecule has 3 aromatic rings. The number of carbonyl (C=O) groups excluding carboxylic acids is 1. The van der Waals surface area contributed by atoms with Crippen LogP contribution in [0.2, 0.25) is 0 Å². The van der Waals surface area contributed by atoms with E-state index < -0.39 is 0 Å². The molecule has 1 amide bonds. The molecule has 1 aromatic carbocycles. The van der Waals surface area contributed by atoms with Crippen LogP contribution in [0.1, 0.15) is 41.2 Å². The van der Waals surface area contributed by atoms with Crippen molar-refractivity contribution in [2.75, 3.05) is 0 Å². The smallest absolute Gasteiger partial charge is 0.254 e. The molecule has 0 aliphatic heterocycles. The molecule has 0 radical (unpaired) electrons. The maximum Gasteiger partial charge on any atom is 0.254 e. The van der Waals surface area contributed by atoms with Crippen molar-refractivity contribution < 1.29 is 4.79 Å². The molecular formula is C21H23BrN4O. The minimum absolute atomic E-state index is 0.00921. The highest BCUT2D eigenvalue weighted by atomic mass is 79.9.